The van der Waals surface area contributed by atoms with Crippen LogP contribution in [0, 0.1) is 5.82 Å². The van der Waals surface area contributed by atoms with Crippen LogP contribution in [-0.4, -0.2) is 13.2 Å². The van der Waals surface area contributed by atoms with Gasteiger partial charge in [0.05, 0.1) is 0 Å². The van der Waals surface area contributed by atoms with Crippen LogP contribution in [0.5, 0.6) is 5.75 Å². The molecule has 0 aliphatic carbocycles. The fourth-order valence-corrected chi connectivity index (χ4v) is 1.21. The molecular weight excluding hydrogens is 219 g/mol. The van der Waals surface area contributed by atoms with E-state index in [1.807, 2.05) is 6.92 Å². The first-order chi connectivity index (χ1) is 7.63. The third-order valence-corrected chi connectivity index (χ3v) is 2.01. The van der Waals surface area contributed by atoms with Gasteiger partial charge in [-0.2, -0.15) is 8.78 Å². The van der Waals surface area contributed by atoms with Gasteiger partial charge in [-0.05, 0) is 18.6 Å². The van der Waals surface area contributed by atoms with Gasteiger partial charge >= 0.3 is 6.61 Å². The van der Waals surface area contributed by atoms with Crippen LogP contribution in [0.15, 0.2) is 18.2 Å². The zero-order valence-corrected chi connectivity index (χ0v) is 8.97. The number of benzene rings is 1. The van der Waals surface area contributed by atoms with Crippen molar-refractivity contribution in [3.05, 3.63) is 24.0 Å². The minimum Gasteiger partial charge on any atom is -0.432 e. The summed E-state index contributed by atoms with van der Waals surface area (Å²) < 4.78 is 40.9. The number of nitrogens with one attached hydrogen (secondary N) is 1. The average molecular weight is 233 g/mol. The fraction of sp³-hybridized carbons (Fsp3) is 0.455. The molecule has 0 saturated heterocycles. The van der Waals surface area contributed by atoms with Crippen molar-refractivity contribution < 1.29 is 17.9 Å². The van der Waals surface area contributed by atoms with Crippen LogP contribution in [0.2, 0.25) is 0 Å². The summed E-state index contributed by atoms with van der Waals surface area (Å²) in [6, 6.07) is 3.85. The molecule has 1 rings (SSSR count). The highest BCUT2D eigenvalue weighted by Crippen LogP contribution is 2.22. The minimum atomic E-state index is -3.01. The Kier molecular flexibility index (Phi) is 4.95. The second kappa shape index (κ2) is 6.25. The molecule has 0 amide bonds. The second-order valence-electron chi connectivity index (χ2n) is 3.30. The lowest BCUT2D eigenvalue weighted by Gasteiger charge is -2.09. The maximum Gasteiger partial charge on any atom is 0.387 e. The maximum absolute atomic E-state index is 13.2. The summed E-state index contributed by atoms with van der Waals surface area (Å²) in [4.78, 5) is 0. The Bertz CT molecular complexity index is 331. The van der Waals surface area contributed by atoms with Crippen molar-refractivity contribution in [1.29, 1.82) is 0 Å². The molecule has 2 nitrogen and oxygen atoms in total. The van der Waals surface area contributed by atoms with Gasteiger partial charge in [-0.3, -0.25) is 0 Å². The quantitative estimate of drug-likeness (QED) is 0.757. The van der Waals surface area contributed by atoms with E-state index < -0.39 is 18.2 Å². The van der Waals surface area contributed by atoms with Gasteiger partial charge in [0.25, 0.3) is 0 Å². The molecule has 0 spiro atoms. The number of alkyl halides is 2. The van der Waals surface area contributed by atoms with Gasteiger partial charge in [-0.15, -0.1) is 0 Å². The number of hydrogen-bond acceptors (Lipinski definition) is 2. The first kappa shape index (κ1) is 12.7. The van der Waals surface area contributed by atoms with Crippen molar-refractivity contribution >= 4 is 5.69 Å². The Morgan fingerprint density at radius 1 is 1.38 bits per heavy atom. The predicted molar refractivity (Wildman–Crippen MR) is 56.4 cm³/mol. The predicted octanol–water partition coefficient (Wildman–Crippen LogP) is 3.64. The summed E-state index contributed by atoms with van der Waals surface area (Å²) in [6.07, 6.45) is 2.00. The van der Waals surface area contributed by atoms with E-state index in [0.717, 1.165) is 25.5 Å². The molecule has 0 atom stereocenters. The largest absolute Gasteiger partial charge is 0.432 e. The van der Waals surface area contributed by atoms with Crippen molar-refractivity contribution in [2.45, 2.75) is 26.4 Å². The molecule has 1 N–H and O–H groups in total. The van der Waals surface area contributed by atoms with E-state index in [4.69, 9.17) is 0 Å². The molecule has 90 valence electrons. The molecule has 0 aromatic heterocycles. The SMILES string of the molecule is CCCCNc1ccc(OC(F)F)c(F)c1. The Balaban J connectivity index is 2.60. The molecule has 0 heterocycles. The molecule has 0 bridgehead atoms. The molecule has 1 aromatic carbocycles. The summed E-state index contributed by atoms with van der Waals surface area (Å²) in [5.41, 5.74) is 0.563. The van der Waals surface area contributed by atoms with Crippen molar-refractivity contribution in [3.63, 3.8) is 0 Å². The summed E-state index contributed by atoms with van der Waals surface area (Å²) >= 11 is 0. The second-order valence-corrected chi connectivity index (χ2v) is 3.30. The van der Waals surface area contributed by atoms with E-state index >= 15 is 0 Å². The van der Waals surface area contributed by atoms with Gasteiger partial charge in [-0.1, -0.05) is 13.3 Å². The molecule has 0 unspecified atom stereocenters. The minimum absolute atomic E-state index is 0.434. The van der Waals surface area contributed by atoms with E-state index in [0.29, 0.717) is 5.69 Å². The molecular formula is C11H14F3NO. The Labute approximate surface area is 92.4 Å². The smallest absolute Gasteiger partial charge is 0.387 e. The molecule has 1 aromatic rings. The van der Waals surface area contributed by atoms with Crippen LogP contribution < -0.4 is 10.1 Å². The van der Waals surface area contributed by atoms with Gasteiger partial charge in [-0.25, -0.2) is 4.39 Å². The van der Waals surface area contributed by atoms with Gasteiger partial charge in [0, 0.05) is 18.3 Å². The molecule has 5 heteroatoms. The zero-order valence-electron chi connectivity index (χ0n) is 8.97. The van der Waals surface area contributed by atoms with E-state index in [2.05, 4.69) is 10.1 Å². The number of halogens is 3. The third kappa shape index (κ3) is 4.00. The van der Waals surface area contributed by atoms with Crippen LogP contribution in [0.25, 0.3) is 0 Å². The summed E-state index contributed by atoms with van der Waals surface area (Å²) in [5, 5.41) is 2.98. The van der Waals surface area contributed by atoms with Crippen molar-refractivity contribution in [3.8, 4) is 5.75 Å². The summed E-state index contributed by atoms with van der Waals surface area (Å²) in [5.74, 6) is -1.22. The first-order valence-corrected chi connectivity index (χ1v) is 5.11. The Morgan fingerprint density at radius 2 is 2.12 bits per heavy atom. The molecule has 0 radical (unpaired) electrons. The highest BCUT2D eigenvalue weighted by atomic mass is 19.3. The third-order valence-electron chi connectivity index (χ3n) is 2.01. The average Bonchev–Trinajstić information content (AvgIpc) is 2.22. The van der Waals surface area contributed by atoms with Crippen molar-refractivity contribution in [2.75, 3.05) is 11.9 Å². The van der Waals surface area contributed by atoms with Crippen molar-refractivity contribution in [1.82, 2.24) is 0 Å². The summed E-state index contributed by atoms with van der Waals surface area (Å²) in [6.45, 7) is -0.235. The normalized spacial score (nSPS) is 10.6. The first-order valence-electron chi connectivity index (χ1n) is 5.11. The van der Waals surface area contributed by atoms with E-state index in [1.54, 1.807) is 0 Å². The van der Waals surface area contributed by atoms with Gasteiger partial charge in [0.1, 0.15) is 0 Å². The Morgan fingerprint density at radius 3 is 2.69 bits per heavy atom. The van der Waals surface area contributed by atoms with E-state index in [-0.39, 0.29) is 0 Å². The number of unbranched alkanes of at least 4 members (excludes halogenated alkanes) is 1. The highest BCUT2D eigenvalue weighted by Gasteiger charge is 2.09. The van der Waals surface area contributed by atoms with Gasteiger partial charge < -0.3 is 10.1 Å². The van der Waals surface area contributed by atoms with Crippen LogP contribution in [-0.2, 0) is 0 Å². The van der Waals surface area contributed by atoms with Crippen LogP contribution >= 0.6 is 0 Å². The Hall–Kier alpha value is -1.39. The monoisotopic (exact) mass is 233 g/mol. The number of anilines is 1. The highest BCUT2D eigenvalue weighted by molar-refractivity contribution is 5.47. The van der Waals surface area contributed by atoms with Crippen LogP contribution in [0.3, 0.4) is 0 Å². The number of ether oxygens (including phenoxy) is 1. The van der Waals surface area contributed by atoms with Gasteiger partial charge in [0.15, 0.2) is 11.6 Å². The zero-order chi connectivity index (χ0) is 12.0. The van der Waals surface area contributed by atoms with E-state index in [1.165, 1.54) is 12.1 Å². The maximum atomic E-state index is 13.2. The number of rotatable bonds is 6. The van der Waals surface area contributed by atoms with Crippen LogP contribution in [0.1, 0.15) is 19.8 Å². The number of hydrogen-bond donors (Lipinski definition) is 1. The molecule has 16 heavy (non-hydrogen) atoms. The van der Waals surface area contributed by atoms with Crippen molar-refractivity contribution in [2.24, 2.45) is 0 Å². The van der Waals surface area contributed by atoms with Gasteiger partial charge in [0.2, 0.25) is 0 Å². The molecule has 0 saturated carbocycles. The fourth-order valence-electron chi connectivity index (χ4n) is 1.21. The lowest BCUT2D eigenvalue weighted by molar-refractivity contribution is -0.0521. The summed E-state index contributed by atoms with van der Waals surface area (Å²) in [7, 11) is 0. The molecule has 0 fully saturated rings. The topological polar surface area (TPSA) is 21.3 Å². The lowest BCUT2D eigenvalue weighted by atomic mass is 10.2. The lowest BCUT2D eigenvalue weighted by Crippen LogP contribution is -2.05. The standard InChI is InChI=1S/C11H14F3NO/c1-2-3-6-15-8-4-5-10(9(12)7-8)16-11(13)14/h4-5,7,11,15H,2-3,6H2,1H3. The van der Waals surface area contributed by atoms with E-state index in [9.17, 15) is 13.2 Å². The van der Waals surface area contributed by atoms with Crippen LogP contribution in [0.4, 0.5) is 18.9 Å². The molecule has 0 aliphatic heterocycles. The molecule has 0 aliphatic rings.